The zero-order valence-corrected chi connectivity index (χ0v) is 13.6. The van der Waals surface area contributed by atoms with Crippen molar-refractivity contribution in [3.63, 3.8) is 0 Å². The predicted molar refractivity (Wildman–Crippen MR) is 87.0 cm³/mol. The van der Waals surface area contributed by atoms with Gasteiger partial charge in [-0.2, -0.15) is 0 Å². The molecule has 0 aliphatic carbocycles. The molecule has 22 heavy (non-hydrogen) atoms. The summed E-state index contributed by atoms with van der Waals surface area (Å²) in [7, 11) is 1.96. The molecular formula is C18H26N2O2. The quantitative estimate of drug-likeness (QED) is 0.927. The molecule has 1 N–H and O–H groups in total. The molecule has 2 heterocycles. The van der Waals surface area contributed by atoms with Crippen molar-refractivity contribution in [2.24, 2.45) is 0 Å². The number of hydrogen-bond acceptors (Lipinski definition) is 3. The summed E-state index contributed by atoms with van der Waals surface area (Å²) >= 11 is 0. The third kappa shape index (κ3) is 2.77. The highest BCUT2D eigenvalue weighted by Crippen LogP contribution is 2.37. The number of hydrogen-bond donors (Lipinski definition) is 1. The maximum Gasteiger partial charge on any atom is 0.233 e. The van der Waals surface area contributed by atoms with Crippen LogP contribution in [0.1, 0.15) is 30.4 Å². The fourth-order valence-corrected chi connectivity index (χ4v) is 3.69. The highest BCUT2D eigenvalue weighted by atomic mass is 16.5. The molecule has 1 aromatic rings. The summed E-state index contributed by atoms with van der Waals surface area (Å²) in [5.41, 5.74) is 1.96. The standard InChI is InChI=1S/C18H26N2O2/c1-14-3-5-15(6-4-14)18(8-11-22-12-9-18)17(21)20(2)16-7-10-19-13-16/h3-6,16,19H,7-13H2,1-2H3. The van der Waals surface area contributed by atoms with Gasteiger partial charge in [-0.05, 0) is 38.3 Å². The van der Waals surface area contributed by atoms with Crippen molar-refractivity contribution in [2.45, 2.75) is 37.6 Å². The third-order valence-electron chi connectivity index (χ3n) is 5.26. The number of carbonyl (C=O) groups is 1. The van der Waals surface area contributed by atoms with Gasteiger partial charge in [-0.15, -0.1) is 0 Å². The second kappa shape index (κ2) is 6.39. The summed E-state index contributed by atoms with van der Waals surface area (Å²) in [6.07, 6.45) is 2.60. The molecule has 3 rings (SSSR count). The van der Waals surface area contributed by atoms with E-state index in [4.69, 9.17) is 4.74 Å². The SMILES string of the molecule is Cc1ccc(C2(C(=O)N(C)C3CCNC3)CCOCC2)cc1. The zero-order valence-electron chi connectivity index (χ0n) is 13.6. The number of aryl methyl sites for hydroxylation is 1. The smallest absolute Gasteiger partial charge is 0.233 e. The molecule has 1 unspecified atom stereocenters. The molecule has 2 aliphatic heterocycles. The van der Waals surface area contributed by atoms with E-state index in [1.807, 2.05) is 11.9 Å². The van der Waals surface area contributed by atoms with Gasteiger partial charge in [0.1, 0.15) is 0 Å². The molecule has 1 aromatic carbocycles. The van der Waals surface area contributed by atoms with Gasteiger partial charge in [0.15, 0.2) is 0 Å². The first-order valence-electron chi connectivity index (χ1n) is 8.26. The summed E-state index contributed by atoms with van der Waals surface area (Å²) in [6, 6.07) is 8.78. The largest absolute Gasteiger partial charge is 0.381 e. The molecule has 0 aromatic heterocycles. The van der Waals surface area contributed by atoms with Crippen LogP contribution in [-0.2, 0) is 14.9 Å². The Balaban J connectivity index is 1.91. The third-order valence-corrected chi connectivity index (χ3v) is 5.26. The zero-order chi connectivity index (χ0) is 15.6. The second-order valence-corrected chi connectivity index (χ2v) is 6.62. The van der Waals surface area contributed by atoms with Gasteiger partial charge in [-0.1, -0.05) is 29.8 Å². The van der Waals surface area contributed by atoms with Crippen LogP contribution in [0.4, 0.5) is 0 Å². The first-order valence-corrected chi connectivity index (χ1v) is 8.26. The normalized spacial score (nSPS) is 24.2. The van der Waals surface area contributed by atoms with E-state index in [0.29, 0.717) is 19.3 Å². The van der Waals surface area contributed by atoms with Crippen LogP contribution in [0.3, 0.4) is 0 Å². The predicted octanol–water partition coefficient (Wildman–Crippen LogP) is 1.86. The van der Waals surface area contributed by atoms with Crippen molar-refractivity contribution < 1.29 is 9.53 Å². The topological polar surface area (TPSA) is 41.6 Å². The van der Waals surface area contributed by atoms with Gasteiger partial charge < -0.3 is 15.0 Å². The van der Waals surface area contributed by atoms with E-state index in [-0.39, 0.29) is 5.91 Å². The molecular weight excluding hydrogens is 276 g/mol. The Bertz CT molecular complexity index is 514. The van der Waals surface area contributed by atoms with Gasteiger partial charge >= 0.3 is 0 Å². The van der Waals surface area contributed by atoms with Crippen LogP contribution in [0, 0.1) is 6.92 Å². The minimum absolute atomic E-state index is 0.258. The minimum Gasteiger partial charge on any atom is -0.381 e. The molecule has 4 heteroatoms. The molecule has 0 radical (unpaired) electrons. The Labute approximate surface area is 132 Å². The Hall–Kier alpha value is -1.39. The lowest BCUT2D eigenvalue weighted by molar-refractivity contribution is -0.141. The van der Waals surface area contributed by atoms with Crippen molar-refractivity contribution in [1.29, 1.82) is 0 Å². The first kappa shape index (κ1) is 15.5. The molecule has 1 amide bonds. The van der Waals surface area contributed by atoms with Crippen LogP contribution in [0.15, 0.2) is 24.3 Å². The monoisotopic (exact) mass is 302 g/mol. The molecule has 2 aliphatic rings. The van der Waals surface area contributed by atoms with Crippen molar-refractivity contribution in [3.8, 4) is 0 Å². The van der Waals surface area contributed by atoms with E-state index >= 15 is 0 Å². The minimum atomic E-state index is -0.413. The number of nitrogens with one attached hydrogen (secondary N) is 1. The Kier molecular flexibility index (Phi) is 4.50. The van der Waals surface area contributed by atoms with Crippen LogP contribution >= 0.6 is 0 Å². The molecule has 0 spiro atoms. The van der Waals surface area contributed by atoms with Crippen LogP contribution in [0.5, 0.6) is 0 Å². The first-order chi connectivity index (χ1) is 10.6. The molecule has 2 fully saturated rings. The van der Waals surface area contributed by atoms with Gasteiger partial charge in [0.2, 0.25) is 5.91 Å². The highest BCUT2D eigenvalue weighted by molar-refractivity contribution is 5.88. The lowest BCUT2D eigenvalue weighted by Crippen LogP contribution is -2.52. The van der Waals surface area contributed by atoms with Crippen LogP contribution in [0.2, 0.25) is 0 Å². The van der Waals surface area contributed by atoms with Crippen molar-refractivity contribution in [1.82, 2.24) is 10.2 Å². The van der Waals surface area contributed by atoms with Gasteiger partial charge in [0, 0.05) is 32.8 Å². The maximum atomic E-state index is 13.3. The average Bonchev–Trinajstić information content (AvgIpc) is 3.09. The molecule has 120 valence electrons. The number of likely N-dealkylation sites (N-methyl/N-ethyl adjacent to an activating group) is 1. The van der Waals surface area contributed by atoms with Gasteiger partial charge in [0.05, 0.1) is 5.41 Å². The van der Waals surface area contributed by atoms with E-state index in [2.05, 4.69) is 36.5 Å². The number of benzene rings is 1. The second-order valence-electron chi connectivity index (χ2n) is 6.62. The molecule has 0 saturated carbocycles. The summed E-state index contributed by atoms with van der Waals surface area (Å²) in [6.45, 7) is 5.32. The van der Waals surface area contributed by atoms with E-state index < -0.39 is 5.41 Å². The van der Waals surface area contributed by atoms with Crippen LogP contribution in [0.25, 0.3) is 0 Å². The van der Waals surface area contributed by atoms with E-state index in [1.54, 1.807) is 0 Å². The van der Waals surface area contributed by atoms with Crippen molar-refractivity contribution >= 4 is 5.91 Å². The van der Waals surface area contributed by atoms with Crippen LogP contribution < -0.4 is 5.32 Å². The van der Waals surface area contributed by atoms with Gasteiger partial charge in [-0.3, -0.25) is 4.79 Å². The maximum absolute atomic E-state index is 13.3. The number of ether oxygens (including phenoxy) is 1. The lowest BCUT2D eigenvalue weighted by Gasteiger charge is -2.40. The van der Waals surface area contributed by atoms with Crippen LogP contribution in [-0.4, -0.2) is 50.2 Å². The number of nitrogens with zero attached hydrogens (tertiary/aromatic N) is 1. The highest BCUT2D eigenvalue weighted by Gasteiger charge is 2.44. The van der Waals surface area contributed by atoms with Gasteiger partial charge in [0.25, 0.3) is 0 Å². The van der Waals surface area contributed by atoms with Crippen molar-refractivity contribution in [2.75, 3.05) is 33.4 Å². The fraction of sp³-hybridized carbons (Fsp3) is 0.611. The fourth-order valence-electron chi connectivity index (χ4n) is 3.69. The molecule has 0 bridgehead atoms. The summed E-state index contributed by atoms with van der Waals surface area (Å²) < 4.78 is 5.54. The lowest BCUT2D eigenvalue weighted by atomic mass is 9.72. The molecule has 4 nitrogen and oxygen atoms in total. The van der Waals surface area contributed by atoms with E-state index in [9.17, 15) is 4.79 Å². The Morgan fingerprint density at radius 2 is 1.95 bits per heavy atom. The number of carbonyl (C=O) groups excluding carboxylic acids is 1. The Morgan fingerprint density at radius 3 is 2.55 bits per heavy atom. The van der Waals surface area contributed by atoms with E-state index in [1.165, 1.54) is 5.56 Å². The summed E-state index contributed by atoms with van der Waals surface area (Å²) in [5.74, 6) is 0.258. The number of rotatable bonds is 3. The van der Waals surface area contributed by atoms with Crippen molar-refractivity contribution in [3.05, 3.63) is 35.4 Å². The molecule has 2 saturated heterocycles. The summed E-state index contributed by atoms with van der Waals surface area (Å²) in [5, 5.41) is 3.35. The van der Waals surface area contributed by atoms with E-state index in [0.717, 1.165) is 37.9 Å². The number of amides is 1. The van der Waals surface area contributed by atoms with Gasteiger partial charge in [-0.25, -0.2) is 0 Å². The average molecular weight is 302 g/mol. The Morgan fingerprint density at radius 1 is 1.27 bits per heavy atom. The molecule has 1 atom stereocenters. The summed E-state index contributed by atoms with van der Waals surface area (Å²) in [4.78, 5) is 15.3.